The molecule has 0 heterocycles. The number of aliphatic hydroxyl groups is 2. The summed E-state index contributed by atoms with van der Waals surface area (Å²) < 4.78 is 0. The molecule has 2 nitrogen and oxygen atoms in total. The van der Waals surface area contributed by atoms with E-state index >= 15 is 0 Å². The van der Waals surface area contributed by atoms with Crippen LogP contribution >= 0.6 is 0 Å². The van der Waals surface area contributed by atoms with Crippen molar-refractivity contribution in [3.05, 3.63) is 69.4 Å². The van der Waals surface area contributed by atoms with E-state index in [0.29, 0.717) is 0 Å². The van der Waals surface area contributed by atoms with Gasteiger partial charge in [-0.1, -0.05) is 61.4 Å². The molecule has 136 valence electrons. The maximum absolute atomic E-state index is 10.2. The normalized spacial score (nSPS) is 23.9. The minimum absolute atomic E-state index is 0.271. The van der Waals surface area contributed by atoms with Crippen molar-refractivity contribution < 1.29 is 10.2 Å². The van der Waals surface area contributed by atoms with Crippen LogP contribution in [0.15, 0.2) is 48.5 Å². The van der Waals surface area contributed by atoms with Crippen LogP contribution in [0, 0.1) is 10.4 Å². The molecule has 0 bridgehead atoms. The zero-order chi connectivity index (χ0) is 17.9. The lowest BCUT2D eigenvalue weighted by atomic mass is 9.90. The van der Waals surface area contributed by atoms with Gasteiger partial charge in [0.2, 0.25) is 0 Å². The van der Waals surface area contributed by atoms with Gasteiger partial charge < -0.3 is 10.2 Å². The molecule has 2 N–H and O–H groups in total. The molecule has 2 aromatic rings. The first-order valence-electron chi connectivity index (χ1n) is 10.0. The van der Waals surface area contributed by atoms with E-state index in [1.807, 2.05) is 0 Å². The highest BCUT2D eigenvalue weighted by molar-refractivity contribution is 5.51. The van der Waals surface area contributed by atoms with E-state index in [9.17, 15) is 10.2 Å². The van der Waals surface area contributed by atoms with Gasteiger partial charge in [-0.15, -0.1) is 0 Å². The van der Waals surface area contributed by atoms with Gasteiger partial charge >= 0.3 is 0 Å². The zero-order valence-electron chi connectivity index (χ0n) is 15.3. The molecule has 2 heteroatoms. The molecule has 0 aromatic heterocycles. The van der Waals surface area contributed by atoms with E-state index in [0.717, 1.165) is 38.5 Å². The Balaban J connectivity index is 1.74. The maximum Gasteiger partial charge on any atom is 0.0758 e. The van der Waals surface area contributed by atoms with Gasteiger partial charge in [0.25, 0.3) is 0 Å². The Morgan fingerprint density at radius 1 is 0.500 bits per heavy atom. The zero-order valence-corrected chi connectivity index (χ0v) is 15.3. The topological polar surface area (TPSA) is 40.5 Å². The van der Waals surface area contributed by atoms with Crippen molar-refractivity contribution in [2.24, 2.45) is 0 Å². The standard InChI is InChI=1S/C24H28O2/c25-23-7-3-1-5-21(23)19-13-9-17(10-14-19)18-11-15-20(16-12-18)22-6-2-4-8-24(22)26/h9-16,23-26H,1-8H2. The van der Waals surface area contributed by atoms with Crippen molar-refractivity contribution in [3.8, 4) is 0 Å². The van der Waals surface area contributed by atoms with Crippen LogP contribution in [0.4, 0.5) is 0 Å². The van der Waals surface area contributed by atoms with Crippen LogP contribution in [0.5, 0.6) is 0 Å². The number of hydrogen-bond acceptors (Lipinski definition) is 2. The van der Waals surface area contributed by atoms with Gasteiger partial charge in [-0.3, -0.25) is 0 Å². The van der Waals surface area contributed by atoms with Gasteiger partial charge in [0, 0.05) is 0 Å². The van der Waals surface area contributed by atoms with E-state index < -0.39 is 0 Å². The molecule has 2 atom stereocenters. The summed E-state index contributed by atoms with van der Waals surface area (Å²) >= 11 is 0. The Morgan fingerprint density at radius 2 is 0.846 bits per heavy atom. The molecular weight excluding hydrogens is 320 g/mol. The van der Waals surface area contributed by atoms with Crippen LogP contribution in [0.1, 0.15) is 51.4 Å². The highest BCUT2D eigenvalue weighted by Gasteiger charge is 2.16. The lowest BCUT2D eigenvalue weighted by Crippen LogP contribution is -2.21. The predicted molar refractivity (Wildman–Crippen MR) is 106 cm³/mol. The van der Waals surface area contributed by atoms with E-state index in [2.05, 4.69) is 48.5 Å². The Labute approximate surface area is 154 Å². The Bertz CT molecular complexity index is 861. The molecule has 26 heavy (non-hydrogen) atoms. The molecule has 0 amide bonds. The van der Waals surface area contributed by atoms with E-state index in [4.69, 9.17) is 0 Å². The maximum atomic E-state index is 10.2. The van der Waals surface area contributed by atoms with Gasteiger partial charge in [-0.25, -0.2) is 0 Å². The van der Waals surface area contributed by atoms with Gasteiger partial charge in [-0.2, -0.15) is 0 Å². The van der Waals surface area contributed by atoms with Crippen molar-refractivity contribution in [2.45, 2.75) is 63.6 Å². The Morgan fingerprint density at radius 3 is 1.19 bits per heavy atom. The van der Waals surface area contributed by atoms with E-state index in [1.165, 1.54) is 44.9 Å². The van der Waals surface area contributed by atoms with Crippen molar-refractivity contribution in [2.75, 3.05) is 0 Å². The Hall–Kier alpha value is -1.90. The van der Waals surface area contributed by atoms with E-state index in [-0.39, 0.29) is 12.2 Å². The van der Waals surface area contributed by atoms with Crippen LogP contribution in [-0.4, -0.2) is 22.4 Å². The molecular formula is C24H28O2. The number of aliphatic hydroxyl groups excluding tert-OH is 2. The number of hydrogen-bond donors (Lipinski definition) is 2. The summed E-state index contributed by atoms with van der Waals surface area (Å²) in [5.74, 6) is 0. The average molecular weight is 348 g/mol. The first kappa shape index (κ1) is 17.5. The summed E-state index contributed by atoms with van der Waals surface area (Å²) in [6.07, 6.45) is 7.88. The monoisotopic (exact) mass is 348 g/mol. The van der Waals surface area contributed by atoms with Gasteiger partial charge in [-0.05, 0) is 70.5 Å². The van der Waals surface area contributed by atoms with Crippen LogP contribution in [0.2, 0.25) is 0 Å². The summed E-state index contributed by atoms with van der Waals surface area (Å²) in [5.41, 5.74) is 2.39. The summed E-state index contributed by atoms with van der Waals surface area (Å²) in [7, 11) is 0. The first-order chi connectivity index (χ1) is 12.7. The SMILES string of the molecule is OC1CCCCC1=c1ccc(=c2ccc(=C3CCCCC3O)cc2)cc1. The molecule has 2 unspecified atom stereocenters. The van der Waals surface area contributed by atoms with E-state index in [1.54, 1.807) is 0 Å². The first-order valence-corrected chi connectivity index (χ1v) is 10.0. The number of rotatable bonds is 0. The lowest BCUT2D eigenvalue weighted by molar-refractivity contribution is 0.201. The van der Waals surface area contributed by atoms with Gasteiger partial charge in [0.15, 0.2) is 0 Å². The summed E-state index contributed by atoms with van der Waals surface area (Å²) in [4.78, 5) is 0. The lowest BCUT2D eigenvalue weighted by Gasteiger charge is -2.20. The second-order valence-corrected chi connectivity index (χ2v) is 7.73. The molecule has 2 aromatic carbocycles. The van der Waals surface area contributed by atoms with Gasteiger partial charge in [0.1, 0.15) is 0 Å². The number of benzene rings is 2. The fourth-order valence-electron chi connectivity index (χ4n) is 4.41. The van der Waals surface area contributed by atoms with Crippen molar-refractivity contribution in [1.82, 2.24) is 0 Å². The van der Waals surface area contributed by atoms with Gasteiger partial charge in [0.05, 0.1) is 12.2 Å². The summed E-state index contributed by atoms with van der Waals surface area (Å²) in [6, 6.07) is 17.2. The molecule has 4 rings (SSSR count). The van der Waals surface area contributed by atoms with Crippen LogP contribution in [0.25, 0.3) is 11.1 Å². The average Bonchev–Trinajstić information content (AvgIpc) is 2.69. The summed E-state index contributed by atoms with van der Waals surface area (Å²) in [5, 5.41) is 25.2. The minimum atomic E-state index is -0.271. The quantitative estimate of drug-likeness (QED) is 0.768. The highest BCUT2D eigenvalue weighted by atomic mass is 16.3. The molecule has 2 fully saturated rings. The van der Waals surface area contributed by atoms with Crippen LogP contribution < -0.4 is 10.4 Å². The second kappa shape index (κ2) is 7.77. The van der Waals surface area contributed by atoms with Crippen molar-refractivity contribution in [3.63, 3.8) is 0 Å². The largest absolute Gasteiger partial charge is 0.389 e. The predicted octanol–water partition coefficient (Wildman–Crippen LogP) is 3.14. The van der Waals surface area contributed by atoms with Crippen molar-refractivity contribution in [1.29, 1.82) is 0 Å². The fourth-order valence-corrected chi connectivity index (χ4v) is 4.41. The third-order valence-electron chi connectivity index (χ3n) is 6.00. The molecule has 2 saturated carbocycles. The fraction of sp³-hybridized carbons (Fsp3) is 0.417. The smallest absolute Gasteiger partial charge is 0.0758 e. The third kappa shape index (κ3) is 3.62. The highest BCUT2D eigenvalue weighted by Crippen LogP contribution is 2.24. The molecule has 0 saturated heterocycles. The molecule has 2 aliphatic rings. The van der Waals surface area contributed by atoms with Crippen molar-refractivity contribution >= 4 is 11.1 Å². The third-order valence-corrected chi connectivity index (χ3v) is 6.00. The molecule has 0 aliphatic heterocycles. The molecule has 0 spiro atoms. The Kier molecular flexibility index (Phi) is 5.23. The van der Waals surface area contributed by atoms with Crippen LogP contribution in [0.3, 0.4) is 0 Å². The van der Waals surface area contributed by atoms with Crippen LogP contribution in [-0.2, 0) is 0 Å². The molecule has 0 radical (unpaired) electrons. The minimum Gasteiger partial charge on any atom is -0.389 e. The summed E-state index contributed by atoms with van der Waals surface area (Å²) in [6.45, 7) is 0. The second-order valence-electron chi connectivity index (χ2n) is 7.73. The molecule has 2 aliphatic carbocycles.